The number of fused-ring (bicyclic) bond motifs is 1. The number of halogens is 1. The van der Waals surface area contributed by atoms with Crippen LogP contribution in [0.1, 0.15) is 20.7 Å². The maximum absolute atomic E-state index is 12.2. The van der Waals surface area contributed by atoms with Crippen LogP contribution in [0.4, 0.5) is 5.69 Å². The van der Waals surface area contributed by atoms with Crippen LogP contribution in [-0.4, -0.2) is 21.8 Å². The summed E-state index contributed by atoms with van der Waals surface area (Å²) in [6.07, 6.45) is 3.16. The van der Waals surface area contributed by atoms with Gasteiger partial charge in [0.15, 0.2) is 0 Å². The van der Waals surface area contributed by atoms with Gasteiger partial charge in [0.05, 0.1) is 16.8 Å². The fraction of sp³-hybridized carbons (Fsp3) is 0. The molecule has 1 aliphatic rings. The molecule has 19 heavy (non-hydrogen) atoms. The van der Waals surface area contributed by atoms with Crippen LogP contribution in [0.5, 0.6) is 0 Å². The Morgan fingerprint density at radius 1 is 1.00 bits per heavy atom. The summed E-state index contributed by atoms with van der Waals surface area (Å²) < 4.78 is 0.762. The molecule has 1 aliphatic heterocycles. The summed E-state index contributed by atoms with van der Waals surface area (Å²) in [6.45, 7) is 0. The van der Waals surface area contributed by atoms with Gasteiger partial charge in [-0.25, -0.2) is 0 Å². The fourth-order valence-corrected chi connectivity index (χ4v) is 2.23. The molecule has 0 atom stereocenters. The molecule has 0 unspecified atom stereocenters. The zero-order valence-corrected chi connectivity index (χ0v) is 11.2. The molecule has 0 bridgehead atoms. The molecule has 6 heteroatoms. The molecule has 0 saturated heterocycles. The Hall–Kier alpha value is -2.21. The van der Waals surface area contributed by atoms with Crippen molar-refractivity contribution in [3.8, 4) is 0 Å². The summed E-state index contributed by atoms with van der Waals surface area (Å²) in [4.78, 5) is 28.2. The van der Waals surface area contributed by atoms with Gasteiger partial charge in [0.25, 0.3) is 11.8 Å². The number of amides is 2. The summed E-state index contributed by atoms with van der Waals surface area (Å²) in [7, 11) is 0. The Morgan fingerprint density at radius 3 is 2.42 bits per heavy atom. The molecule has 0 saturated carbocycles. The summed E-state index contributed by atoms with van der Waals surface area (Å²) in [5, 5.41) is 1.01. The SMILES string of the molecule is O=C1c2ccc(Br)cc2C(=O)N1Nc1ccncc1. The Morgan fingerprint density at radius 2 is 1.68 bits per heavy atom. The van der Waals surface area contributed by atoms with Crippen molar-refractivity contribution in [2.75, 3.05) is 5.43 Å². The van der Waals surface area contributed by atoms with Crippen molar-refractivity contribution >= 4 is 33.4 Å². The van der Waals surface area contributed by atoms with E-state index >= 15 is 0 Å². The first-order chi connectivity index (χ1) is 9.16. The molecule has 3 rings (SSSR count). The van der Waals surface area contributed by atoms with E-state index in [9.17, 15) is 9.59 Å². The lowest BCUT2D eigenvalue weighted by Crippen LogP contribution is -2.35. The Labute approximate surface area is 117 Å². The number of anilines is 1. The van der Waals surface area contributed by atoms with Crippen molar-refractivity contribution in [1.29, 1.82) is 0 Å². The van der Waals surface area contributed by atoms with Crippen LogP contribution in [0, 0.1) is 0 Å². The number of nitrogens with one attached hydrogen (secondary N) is 1. The zero-order valence-electron chi connectivity index (χ0n) is 9.63. The van der Waals surface area contributed by atoms with Crippen LogP contribution in [0.15, 0.2) is 47.2 Å². The van der Waals surface area contributed by atoms with Gasteiger partial charge in [0, 0.05) is 16.9 Å². The number of hydrogen-bond donors (Lipinski definition) is 1. The van der Waals surface area contributed by atoms with Crippen molar-refractivity contribution in [2.45, 2.75) is 0 Å². The lowest BCUT2D eigenvalue weighted by molar-refractivity contribution is 0.0691. The van der Waals surface area contributed by atoms with Crippen molar-refractivity contribution < 1.29 is 9.59 Å². The average Bonchev–Trinajstić information content (AvgIpc) is 2.65. The van der Waals surface area contributed by atoms with Crippen molar-refractivity contribution in [1.82, 2.24) is 9.99 Å². The molecule has 0 aliphatic carbocycles. The second-order valence-electron chi connectivity index (χ2n) is 3.98. The predicted octanol–water partition coefficient (Wildman–Crippen LogP) is 2.47. The van der Waals surface area contributed by atoms with Crippen molar-refractivity contribution in [3.63, 3.8) is 0 Å². The summed E-state index contributed by atoms with van der Waals surface area (Å²) >= 11 is 3.29. The molecule has 2 heterocycles. The second kappa shape index (κ2) is 4.47. The van der Waals surface area contributed by atoms with Crippen LogP contribution < -0.4 is 5.43 Å². The van der Waals surface area contributed by atoms with E-state index in [0.717, 1.165) is 9.48 Å². The van der Waals surface area contributed by atoms with Gasteiger partial charge in [0.2, 0.25) is 0 Å². The molecular formula is C13H8BrN3O2. The largest absolute Gasteiger partial charge is 0.288 e. The fourth-order valence-electron chi connectivity index (χ4n) is 1.87. The smallest absolute Gasteiger partial charge is 0.280 e. The molecule has 0 spiro atoms. The van der Waals surface area contributed by atoms with Gasteiger partial charge in [-0.2, -0.15) is 5.01 Å². The number of pyridine rings is 1. The minimum atomic E-state index is -0.363. The maximum Gasteiger partial charge on any atom is 0.280 e. The summed E-state index contributed by atoms with van der Waals surface area (Å²) in [6, 6.07) is 8.37. The third-order valence-electron chi connectivity index (χ3n) is 2.77. The number of carbonyl (C=O) groups excluding carboxylic acids is 2. The normalized spacial score (nSPS) is 13.6. The first kappa shape index (κ1) is 11.9. The number of imide groups is 1. The summed E-state index contributed by atoms with van der Waals surface area (Å²) in [5.74, 6) is -0.720. The van der Waals surface area contributed by atoms with Gasteiger partial charge in [-0.05, 0) is 30.3 Å². The lowest BCUT2D eigenvalue weighted by Gasteiger charge is -2.15. The Bertz CT molecular complexity index is 673. The average molecular weight is 318 g/mol. The van der Waals surface area contributed by atoms with Gasteiger partial charge >= 0.3 is 0 Å². The third kappa shape index (κ3) is 2.00. The number of aromatic nitrogens is 1. The topological polar surface area (TPSA) is 62.3 Å². The van der Waals surface area contributed by atoms with E-state index in [2.05, 4.69) is 26.3 Å². The molecule has 2 amide bonds. The Balaban J connectivity index is 1.95. The van der Waals surface area contributed by atoms with E-state index in [-0.39, 0.29) is 11.8 Å². The molecule has 2 aromatic rings. The number of rotatable bonds is 2. The highest BCUT2D eigenvalue weighted by Gasteiger charge is 2.36. The molecule has 0 fully saturated rings. The quantitative estimate of drug-likeness (QED) is 0.864. The predicted molar refractivity (Wildman–Crippen MR) is 72.5 cm³/mol. The highest BCUT2D eigenvalue weighted by atomic mass is 79.9. The Kier molecular flexibility index (Phi) is 2.79. The van der Waals surface area contributed by atoms with E-state index < -0.39 is 0 Å². The highest BCUT2D eigenvalue weighted by molar-refractivity contribution is 9.10. The van der Waals surface area contributed by atoms with Gasteiger partial charge in [-0.1, -0.05) is 15.9 Å². The lowest BCUT2D eigenvalue weighted by atomic mass is 10.1. The van der Waals surface area contributed by atoms with E-state index in [0.29, 0.717) is 16.8 Å². The van der Waals surface area contributed by atoms with Crippen LogP contribution in [-0.2, 0) is 0 Å². The minimum Gasteiger partial charge on any atom is -0.288 e. The minimum absolute atomic E-state index is 0.357. The standard InChI is InChI=1S/C13H8BrN3O2/c14-8-1-2-10-11(7-8)13(19)17(12(10)18)16-9-3-5-15-6-4-9/h1-7H,(H,15,16). The molecule has 94 valence electrons. The molecule has 0 radical (unpaired) electrons. The first-order valence-electron chi connectivity index (χ1n) is 5.52. The van der Waals surface area contributed by atoms with E-state index in [1.807, 2.05) is 0 Å². The van der Waals surface area contributed by atoms with Gasteiger partial charge in [0.1, 0.15) is 0 Å². The first-order valence-corrected chi connectivity index (χ1v) is 6.31. The molecule has 1 aromatic heterocycles. The number of nitrogens with zero attached hydrogens (tertiary/aromatic N) is 2. The van der Waals surface area contributed by atoms with Gasteiger partial charge < -0.3 is 0 Å². The van der Waals surface area contributed by atoms with E-state index in [1.165, 1.54) is 0 Å². The van der Waals surface area contributed by atoms with Crippen LogP contribution >= 0.6 is 15.9 Å². The number of hydrogen-bond acceptors (Lipinski definition) is 4. The molecule has 5 nitrogen and oxygen atoms in total. The second-order valence-corrected chi connectivity index (χ2v) is 4.90. The molecular weight excluding hydrogens is 310 g/mol. The van der Waals surface area contributed by atoms with Gasteiger partial charge in [-0.15, -0.1) is 0 Å². The van der Waals surface area contributed by atoms with Gasteiger partial charge in [-0.3, -0.25) is 20.0 Å². The van der Waals surface area contributed by atoms with Crippen LogP contribution in [0.2, 0.25) is 0 Å². The third-order valence-corrected chi connectivity index (χ3v) is 3.26. The molecule has 1 N–H and O–H groups in total. The number of carbonyl (C=O) groups is 2. The molecule has 1 aromatic carbocycles. The van der Waals surface area contributed by atoms with Crippen molar-refractivity contribution in [3.05, 3.63) is 58.3 Å². The maximum atomic E-state index is 12.2. The number of hydrazine groups is 1. The summed E-state index contributed by atoms with van der Waals surface area (Å²) in [5.41, 5.74) is 4.20. The van der Waals surface area contributed by atoms with E-state index in [1.54, 1.807) is 42.7 Å². The highest BCUT2D eigenvalue weighted by Crippen LogP contribution is 2.26. The van der Waals surface area contributed by atoms with E-state index in [4.69, 9.17) is 0 Å². The van der Waals surface area contributed by atoms with Crippen LogP contribution in [0.25, 0.3) is 0 Å². The van der Waals surface area contributed by atoms with Crippen LogP contribution in [0.3, 0.4) is 0 Å². The zero-order chi connectivity index (χ0) is 13.4. The monoisotopic (exact) mass is 317 g/mol. The number of benzene rings is 1. The van der Waals surface area contributed by atoms with Crippen molar-refractivity contribution in [2.24, 2.45) is 0 Å².